The third-order valence-electron chi connectivity index (χ3n) is 2.95. The minimum atomic E-state index is -3.45. The fourth-order valence-corrected chi connectivity index (χ4v) is 4.17. The maximum atomic E-state index is 12.4. The molecule has 2 aromatic rings. The van der Waals surface area contributed by atoms with E-state index in [0.717, 1.165) is 11.1 Å². The van der Waals surface area contributed by atoms with Crippen LogP contribution in [0.2, 0.25) is 0 Å². The summed E-state index contributed by atoms with van der Waals surface area (Å²) in [5.74, 6) is 0.697. The van der Waals surface area contributed by atoms with Crippen molar-refractivity contribution < 1.29 is 13.2 Å². The van der Waals surface area contributed by atoms with E-state index in [9.17, 15) is 8.42 Å². The average molecular weight is 414 g/mol. The number of rotatable bonds is 4. The van der Waals surface area contributed by atoms with Crippen LogP contribution in [0.4, 0.5) is 0 Å². The molecule has 0 aliphatic heterocycles. The van der Waals surface area contributed by atoms with Gasteiger partial charge < -0.3 is 4.74 Å². The van der Waals surface area contributed by atoms with Crippen molar-refractivity contribution in [3.8, 4) is 5.75 Å². The van der Waals surface area contributed by atoms with Crippen LogP contribution in [0.3, 0.4) is 0 Å². The lowest BCUT2D eigenvalue weighted by molar-refractivity contribution is 0.414. The smallest absolute Gasteiger partial charge is 0.200 e. The second-order valence-corrected chi connectivity index (χ2v) is 7.52. The van der Waals surface area contributed by atoms with Gasteiger partial charge in [0.1, 0.15) is 5.75 Å². The molecule has 0 heterocycles. The molecule has 2 rings (SSSR count). The Morgan fingerprint density at radius 2 is 1.81 bits per heavy atom. The molecule has 21 heavy (non-hydrogen) atoms. The second kappa shape index (κ2) is 6.62. The van der Waals surface area contributed by atoms with Gasteiger partial charge in [-0.25, -0.2) is 8.42 Å². The van der Waals surface area contributed by atoms with Gasteiger partial charge in [0.2, 0.25) is 9.84 Å². The summed E-state index contributed by atoms with van der Waals surface area (Å²) < 4.78 is 30.5. The van der Waals surface area contributed by atoms with Gasteiger partial charge in [0.25, 0.3) is 0 Å². The topological polar surface area (TPSA) is 43.4 Å². The van der Waals surface area contributed by atoms with E-state index in [1.807, 2.05) is 53.8 Å². The van der Waals surface area contributed by atoms with Gasteiger partial charge in [0, 0.05) is 8.99 Å². The third kappa shape index (κ3) is 4.07. The van der Waals surface area contributed by atoms with Gasteiger partial charge in [-0.1, -0.05) is 29.8 Å². The first-order chi connectivity index (χ1) is 9.92. The van der Waals surface area contributed by atoms with Crippen molar-refractivity contribution in [3.05, 3.63) is 65.1 Å². The van der Waals surface area contributed by atoms with E-state index < -0.39 is 9.84 Å². The Morgan fingerprint density at radius 1 is 1.14 bits per heavy atom. The molecule has 5 heteroatoms. The van der Waals surface area contributed by atoms with E-state index in [-0.39, 0.29) is 0 Å². The van der Waals surface area contributed by atoms with Gasteiger partial charge in [0.05, 0.1) is 12.0 Å². The molecule has 0 saturated heterocycles. The van der Waals surface area contributed by atoms with Crippen LogP contribution in [-0.2, 0) is 9.84 Å². The first-order valence-electron chi connectivity index (χ1n) is 6.26. The molecule has 0 spiro atoms. The van der Waals surface area contributed by atoms with Gasteiger partial charge in [-0.2, -0.15) is 0 Å². The van der Waals surface area contributed by atoms with E-state index >= 15 is 0 Å². The number of hydrogen-bond acceptors (Lipinski definition) is 3. The second-order valence-electron chi connectivity index (χ2n) is 4.56. The summed E-state index contributed by atoms with van der Waals surface area (Å²) in [6, 6.07) is 14.1. The number of methoxy groups -OCH3 is 1. The molecule has 3 nitrogen and oxygen atoms in total. The van der Waals surface area contributed by atoms with Crippen molar-refractivity contribution >= 4 is 36.0 Å². The summed E-state index contributed by atoms with van der Waals surface area (Å²) in [6.45, 7) is 1.92. The Bertz CT molecular complexity index is 762. The summed E-state index contributed by atoms with van der Waals surface area (Å²) in [4.78, 5) is 0.296. The van der Waals surface area contributed by atoms with Crippen molar-refractivity contribution in [1.82, 2.24) is 0 Å². The molecule has 0 fully saturated rings. The van der Waals surface area contributed by atoms with E-state index in [0.29, 0.717) is 14.2 Å². The predicted octanol–water partition coefficient (Wildman–Crippen LogP) is 4.21. The van der Waals surface area contributed by atoms with Gasteiger partial charge in [-0.3, -0.25) is 0 Å². The molecule has 0 radical (unpaired) electrons. The van der Waals surface area contributed by atoms with Gasteiger partial charge >= 0.3 is 0 Å². The Labute approximate surface area is 138 Å². The zero-order valence-corrected chi connectivity index (χ0v) is 14.7. The van der Waals surface area contributed by atoms with E-state index in [1.165, 1.54) is 5.41 Å². The highest BCUT2D eigenvalue weighted by Crippen LogP contribution is 2.28. The molecule has 0 amide bonds. The van der Waals surface area contributed by atoms with Crippen LogP contribution in [0.1, 0.15) is 11.1 Å². The summed E-state index contributed by atoms with van der Waals surface area (Å²) in [5, 5.41) is 1.28. The third-order valence-corrected chi connectivity index (χ3v) is 5.79. The van der Waals surface area contributed by atoms with Gasteiger partial charge in [-0.05, 0) is 59.3 Å². The maximum absolute atomic E-state index is 12.4. The number of halogens is 1. The fraction of sp³-hybridized carbons (Fsp3) is 0.125. The molecule has 2 aromatic carbocycles. The van der Waals surface area contributed by atoms with E-state index in [1.54, 1.807) is 31.4 Å². The Morgan fingerprint density at radius 3 is 2.43 bits per heavy atom. The van der Waals surface area contributed by atoms with Crippen LogP contribution in [0, 0.1) is 6.92 Å². The van der Waals surface area contributed by atoms with Gasteiger partial charge in [-0.15, -0.1) is 0 Å². The van der Waals surface area contributed by atoms with Crippen molar-refractivity contribution in [2.45, 2.75) is 11.8 Å². The summed E-state index contributed by atoms with van der Waals surface area (Å²) in [7, 11) is -1.87. The number of benzene rings is 2. The quantitative estimate of drug-likeness (QED) is 0.705. The molecule has 0 N–H and O–H groups in total. The summed E-state index contributed by atoms with van der Waals surface area (Å²) in [6.07, 6.45) is 0. The number of hydrogen-bond donors (Lipinski definition) is 0. The first-order valence-corrected chi connectivity index (χ1v) is 8.88. The van der Waals surface area contributed by atoms with Crippen molar-refractivity contribution in [1.29, 1.82) is 0 Å². The normalized spacial score (nSPS) is 12.2. The van der Waals surface area contributed by atoms with E-state index in [4.69, 9.17) is 4.74 Å². The summed E-state index contributed by atoms with van der Waals surface area (Å²) >= 11 is 2.03. The first kappa shape index (κ1) is 16.0. The van der Waals surface area contributed by atoms with Crippen LogP contribution in [-0.4, -0.2) is 15.5 Å². The van der Waals surface area contributed by atoms with E-state index in [2.05, 4.69) is 0 Å². The van der Waals surface area contributed by atoms with Crippen LogP contribution < -0.4 is 4.74 Å². The molecule has 0 atom stereocenters. The number of aryl methyl sites for hydroxylation is 1. The highest BCUT2D eigenvalue weighted by molar-refractivity contribution is 14.1. The Hall–Kier alpha value is -1.34. The average Bonchev–Trinajstić information content (AvgIpc) is 2.47. The van der Waals surface area contributed by atoms with Gasteiger partial charge in [0.15, 0.2) is 0 Å². The SMILES string of the molecule is COc1cccc(/C(I)=C\S(=O)(=O)c2ccc(C)cc2)c1. The molecular formula is C16H15IO3S. The highest BCUT2D eigenvalue weighted by Gasteiger charge is 2.12. The molecule has 0 aliphatic rings. The molecule has 0 aliphatic carbocycles. The molecular weight excluding hydrogens is 399 g/mol. The fourth-order valence-electron chi connectivity index (χ4n) is 1.77. The zero-order chi connectivity index (χ0) is 15.5. The Kier molecular flexibility index (Phi) is 5.05. The number of sulfone groups is 1. The lowest BCUT2D eigenvalue weighted by Crippen LogP contribution is -1.97. The molecule has 110 valence electrons. The zero-order valence-electron chi connectivity index (χ0n) is 11.7. The number of ether oxygens (including phenoxy) is 1. The van der Waals surface area contributed by atoms with Crippen LogP contribution in [0.25, 0.3) is 3.58 Å². The summed E-state index contributed by atoms with van der Waals surface area (Å²) in [5.41, 5.74) is 1.84. The van der Waals surface area contributed by atoms with Crippen LogP contribution in [0.5, 0.6) is 5.75 Å². The van der Waals surface area contributed by atoms with Crippen LogP contribution in [0.15, 0.2) is 58.8 Å². The van der Waals surface area contributed by atoms with Crippen molar-refractivity contribution in [2.75, 3.05) is 7.11 Å². The van der Waals surface area contributed by atoms with Crippen LogP contribution >= 0.6 is 22.6 Å². The largest absolute Gasteiger partial charge is 0.497 e. The predicted molar refractivity (Wildman–Crippen MR) is 93.4 cm³/mol. The highest BCUT2D eigenvalue weighted by atomic mass is 127. The van der Waals surface area contributed by atoms with Crippen molar-refractivity contribution in [2.24, 2.45) is 0 Å². The van der Waals surface area contributed by atoms with Crippen molar-refractivity contribution in [3.63, 3.8) is 0 Å². The minimum absolute atomic E-state index is 0.296. The minimum Gasteiger partial charge on any atom is -0.497 e. The monoisotopic (exact) mass is 414 g/mol. The standard InChI is InChI=1S/C16H15IO3S/c1-12-6-8-15(9-7-12)21(18,19)11-16(17)13-4-3-5-14(10-13)20-2/h3-11H,1-2H3/b16-11+. The lowest BCUT2D eigenvalue weighted by Gasteiger charge is -2.05. The lowest BCUT2D eigenvalue weighted by atomic mass is 10.2. The molecule has 0 aromatic heterocycles. The maximum Gasteiger partial charge on any atom is 0.200 e. The molecule has 0 bridgehead atoms. The Balaban J connectivity index is 2.38. The molecule has 0 unspecified atom stereocenters. The molecule has 0 saturated carbocycles.